The van der Waals surface area contributed by atoms with Crippen molar-refractivity contribution in [1.29, 1.82) is 0 Å². The minimum absolute atomic E-state index is 0.341. The summed E-state index contributed by atoms with van der Waals surface area (Å²) in [5, 5.41) is 0. The van der Waals surface area contributed by atoms with Gasteiger partial charge in [0.2, 0.25) is 0 Å². The molecule has 0 saturated heterocycles. The topological polar surface area (TPSA) is 0 Å². The first-order chi connectivity index (χ1) is 8.79. The van der Waals surface area contributed by atoms with Crippen LogP contribution in [-0.2, 0) is 0 Å². The number of unbranched alkanes of at least 4 members (excludes halogenated alkanes) is 4. The molecule has 0 nitrogen and oxygen atoms in total. The highest BCUT2D eigenvalue weighted by Gasteiger charge is 2.18. The second-order valence-corrected chi connectivity index (χ2v) is 8.48. The molecule has 0 unspecified atom stereocenters. The molecule has 0 fully saturated rings. The lowest BCUT2D eigenvalue weighted by Gasteiger charge is -2.28. The van der Waals surface area contributed by atoms with Crippen molar-refractivity contribution >= 4 is 7.92 Å². The molecule has 0 aromatic carbocycles. The van der Waals surface area contributed by atoms with Gasteiger partial charge in [0.1, 0.15) is 0 Å². The SMILES string of the molecule is CCCCCP(CCCCC)C(CCC)CCC. The van der Waals surface area contributed by atoms with Gasteiger partial charge in [0, 0.05) is 0 Å². The van der Waals surface area contributed by atoms with Crippen LogP contribution >= 0.6 is 7.92 Å². The summed E-state index contributed by atoms with van der Waals surface area (Å²) in [5.74, 6) is 0. The molecule has 0 heterocycles. The fraction of sp³-hybridized carbons (Fsp3) is 1.00. The first kappa shape index (κ1) is 18.4. The number of hydrogen-bond acceptors (Lipinski definition) is 0. The Bertz CT molecular complexity index is 140. The zero-order valence-corrected chi connectivity index (χ0v) is 14.4. The maximum atomic E-state index is 2.37. The van der Waals surface area contributed by atoms with Gasteiger partial charge in [0.25, 0.3) is 0 Å². The summed E-state index contributed by atoms with van der Waals surface area (Å²) >= 11 is 0. The summed E-state index contributed by atoms with van der Waals surface area (Å²) in [7, 11) is 0.341. The highest BCUT2D eigenvalue weighted by molar-refractivity contribution is 7.58. The van der Waals surface area contributed by atoms with Crippen LogP contribution in [0.1, 0.15) is 91.9 Å². The van der Waals surface area contributed by atoms with Crippen molar-refractivity contribution < 1.29 is 0 Å². The van der Waals surface area contributed by atoms with Crippen molar-refractivity contribution in [3.05, 3.63) is 0 Å². The predicted octanol–water partition coefficient (Wildman–Crippen LogP) is 6.82. The summed E-state index contributed by atoms with van der Waals surface area (Å²) in [4.78, 5) is 0. The van der Waals surface area contributed by atoms with Crippen LogP contribution in [0.3, 0.4) is 0 Å². The van der Waals surface area contributed by atoms with Gasteiger partial charge in [0.15, 0.2) is 0 Å². The standard InChI is InChI=1S/C17H37P/c1-5-9-11-15-18(16-12-10-6-2)17(13-7-3)14-8-4/h17H,5-16H2,1-4H3. The quantitative estimate of drug-likeness (QED) is 0.255. The molecule has 0 atom stereocenters. The van der Waals surface area contributed by atoms with Crippen molar-refractivity contribution in [2.75, 3.05) is 12.3 Å². The van der Waals surface area contributed by atoms with E-state index in [4.69, 9.17) is 0 Å². The lowest BCUT2D eigenvalue weighted by atomic mass is 10.2. The highest BCUT2D eigenvalue weighted by Crippen LogP contribution is 2.47. The summed E-state index contributed by atoms with van der Waals surface area (Å²) in [6.07, 6.45) is 17.6. The zero-order chi connectivity index (χ0) is 13.6. The lowest BCUT2D eigenvalue weighted by Crippen LogP contribution is -2.10. The monoisotopic (exact) mass is 272 g/mol. The average Bonchev–Trinajstić information content (AvgIpc) is 2.37. The Morgan fingerprint density at radius 1 is 0.611 bits per heavy atom. The van der Waals surface area contributed by atoms with Crippen LogP contribution in [0, 0.1) is 0 Å². The maximum Gasteiger partial charge on any atom is -0.0209 e. The molecule has 0 aliphatic carbocycles. The molecular weight excluding hydrogens is 235 g/mol. The largest absolute Gasteiger partial charge is 0.104 e. The smallest absolute Gasteiger partial charge is 0.0209 e. The molecule has 0 rings (SSSR count). The first-order valence-corrected chi connectivity index (χ1v) is 10.3. The van der Waals surface area contributed by atoms with Crippen molar-refractivity contribution in [1.82, 2.24) is 0 Å². The van der Waals surface area contributed by atoms with Gasteiger partial charge in [-0.15, -0.1) is 7.92 Å². The molecule has 0 saturated carbocycles. The van der Waals surface area contributed by atoms with Crippen molar-refractivity contribution in [3.63, 3.8) is 0 Å². The van der Waals surface area contributed by atoms with E-state index in [1.54, 1.807) is 12.3 Å². The third kappa shape index (κ3) is 9.37. The summed E-state index contributed by atoms with van der Waals surface area (Å²) in [5.41, 5.74) is 1.09. The van der Waals surface area contributed by atoms with Gasteiger partial charge in [-0.25, -0.2) is 0 Å². The van der Waals surface area contributed by atoms with E-state index in [1.165, 1.54) is 64.2 Å². The molecule has 0 aliphatic rings. The molecular formula is C17H37P. The van der Waals surface area contributed by atoms with Gasteiger partial charge < -0.3 is 0 Å². The summed E-state index contributed by atoms with van der Waals surface area (Å²) < 4.78 is 0. The normalized spacial score (nSPS) is 11.7. The molecule has 0 N–H and O–H groups in total. The van der Waals surface area contributed by atoms with Crippen LogP contribution in [0.15, 0.2) is 0 Å². The zero-order valence-electron chi connectivity index (χ0n) is 13.5. The molecule has 0 amide bonds. The van der Waals surface area contributed by atoms with Gasteiger partial charge >= 0.3 is 0 Å². The molecule has 0 aromatic rings. The Kier molecular flexibility index (Phi) is 14.2. The molecule has 0 spiro atoms. The number of rotatable bonds is 13. The molecule has 110 valence electrons. The van der Waals surface area contributed by atoms with E-state index in [2.05, 4.69) is 27.7 Å². The van der Waals surface area contributed by atoms with E-state index < -0.39 is 0 Å². The first-order valence-electron chi connectivity index (χ1n) is 8.54. The van der Waals surface area contributed by atoms with Crippen LogP contribution < -0.4 is 0 Å². The molecule has 0 aromatic heterocycles. The van der Waals surface area contributed by atoms with Gasteiger partial charge in [-0.2, -0.15) is 0 Å². The van der Waals surface area contributed by atoms with Crippen molar-refractivity contribution in [2.24, 2.45) is 0 Å². The Morgan fingerprint density at radius 3 is 1.39 bits per heavy atom. The Hall–Kier alpha value is 0.430. The Labute approximate surface area is 118 Å². The second kappa shape index (κ2) is 13.9. The second-order valence-electron chi connectivity index (χ2n) is 5.68. The van der Waals surface area contributed by atoms with E-state index in [-0.39, 0.29) is 0 Å². The van der Waals surface area contributed by atoms with E-state index in [1.807, 2.05) is 0 Å². The van der Waals surface area contributed by atoms with Crippen LogP contribution in [0.2, 0.25) is 0 Å². The number of hydrogen-bond donors (Lipinski definition) is 0. The molecule has 18 heavy (non-hydrogen) atoms. The van der Waals surface area contributed by atoms with Crippen molar-refractivity contribution in [2.45, 2.75) is 97.6 Å². The van der Waals surface area contributed by atoms with Crippen molar-refractivity contribution in [3.8, 4) is 0 Å². The fourth-order valence-corrected chi connectivity index (χ4v) is 6.24. The van der Waals surface area contributed by atoms with E-state index in [0.717, 1.165) is 5.66 Å². The lowest BCUT2D eigenvalue weighted by molar-refractivity contribution is 0.655. The van der Waals surface area contributed by atoms with E-state index in [9.17, 15) is 0 Å². The average molecular weight is 272 g/mol. The third-order valence-electron chi connectivity index (χ3n) is 3.86. The Balaban J connectivity index is 4.18. The molecule has 0 bridgehead atoms. The fourth-order valence-electron chi connectivity index (χ4n) is 2.78. The van der Waals surface area contributed by atoms with Gasteiger partial charge in [0.05, 0.1) is 0 Å². The van der Waals surface area contributed by atoms with Crippen LogP contribution in [0.5, 0.6) is 0 Å². The molecule has 0 radical (unpaired) electrons. The third-order valence-corrected chi connectivity index (χ3v) is 7.19. The molecule has 1 heteroatoms. The van der Waals surface area contributed by atoms with Crippen LogP contribution in [0.4, 0.5) is 0 Å². The minimum Gasteiger partial charge on any atom is -0.104 e. The maximum absolute atomic E-state index is 2.37. The summed E-state index contributed by atoms with van der Waals surface area (Å²) in [6, 6.07) is 0. The van der Waals surface area contributed by atoms with Gasteiger partial charge in [-0.3, -0.25) is 0 Å². The molecule has 0 aliphatic heterocycles. The van der Waals surface area contributed by atoms with E-state index >= 15 is 0 Å². The Morgan fingerprint density at radius 2 is 1.06 bits per heavy atom. The van der Waals surface area contributed by atoms with Gasteiger partial charge in [-0.05, 0) is 43.7 Å². The summed E-state index contributed by atoms with van der Waals surface area (Å²) in [6.45, 7) is 9.40. The van der Waals surface area contributed by atoms with Gasteiger partial charge in [-0.1, -0.05) is 66.2 Å². The van der Waals surface area contributed by atoms with Crippen LogP contribution in [-0.4, -0.2) is 18.0 Å². The van der Waals surface area contributed by atoms with Crippen LogP contribution in [0.25, 0.3) is 0 Å². The minimum atomic E-state index is 0.341. The highest BCUT2D eigenvalue weighted by atomic mass is 31.1. The van der Waals surface area contributed by atoms with E-state index in [0.29, 0.717) is 7.92 Å². The predicted molar refractivity (Wildman–Crippen MR) is 89.3 cm³/mol.